The lowest BCUT2D eigenvalue weighted by atomic mass is 10.1. The Morgan fingerprint density at radius 3 is 2.39 bits per heavy atom. The minimum atomic E-state index is -0.840. The molecule has 2 rings (SSSR count). The number of ether oxygens (including phenoxy) is 1. The van der Waals surface area contributed by atoms with Gasteiger partial charge in [-0.25, -0.2) is 4.79 Å². The summed E-state index contributed by atoms with van der Waals surface area (Å²) in [6, 6.07) is 11.5. The van der Waals surface area contributed by atoms with Gasteiger partial charge in [0.2, 0.25) is 0 Å². The number of amides is 1. The minimum absolute atomic E-state index is 0.302. The number of esters is 1. The van der Waals surface area contributed by atoms with Gasteiger partial charge in [-0.3, -0.25) is 4.79 Å². The maximum atomic E-state index is 12.4. The second-order valence-electron chi connectivity index (χ2n) is 6.32. The molecule has 2 aromatic rings. The third-order valence-corrected chi connectivity index (χ3v) is 3.98. The molecule has 0 aliphatic carbocycles. The van der Waals surface area contributed by atoms with Crippen molar-refractivity contribution >= 4 is 23.2 Å². The van der Waals surface area contributed by atoms with Gasteiger partial charge in [0, 0.05) is 11.1 Å². The maximum Gasteiger partial charge on any atom is 0.349 e. The third kappa shape index (κ3) is 4.66. The summed E-state index contributed by atoms with van der Waals surface area (Å²) in [5.41, 5.74) is 1.41. The van der Waals surface area contributed by atoms with Crippen LogP contribution in [0.5, 0.6) is 0 Å². The minimum Gasteiger partial charge on any atom is -0.448 e. The first-order valence-electron chi connectivity index (χ1n) is 7.44. The van der Waals surface area contributed by atoms with Gasteiger partial charge in [-0.15, -0.1) is 11.3 Å². The highest BCUT2D eigenvalue weighted by Gasteiger charge is 2.24. The van der Waals surface area contributed by atoms with Crippen LogP contribution < -0.4 is 5.32 Å². The quantitative estimate of drug-likeness (QED) is 0.865. The maximum absolute atomic E-state index is 12.4. The zero-order valence-electron chi connectivity index (χ0n) is 13.8. The topological polar surface area (TPSA) is 55.4 Å². The van der Waals surface area contributed by atoms with Crippen LogP contribution in [-0.4, -0.2) is 23.5 Å². The Bertz CT molecular complexity index is 686. The van der Waals surface area contributed by atoms with Crippen molar-refractivity contribution < 1.29 is 14.3 Å². The molecule has 1 aromatic heterocycles. The van der Waals surface area contributed by atoms with E-state index in [-0.39, 0.29) is 11.4 Å². The molecule has 0 aliphatic rings. The third-order valence-electron chi connectivity index (χ3n) is 3.09. The van der Waals surface area contributed by atoms with E-state index < -0.39 is 12.1 Å². The summed E-state index contributed by atoms with van der Waals surface area (Å²) < 4.78 is 5.32. The van der Waals surface area contributed by atoms with Crippen molar-refractivity contribution in [2.75, 3.05) is 0 Å². The first-order valence-corrected chi connectivity index (χ1v) is 8.32. The molecule has 1 N–H and O–H groups in total. The molecule has 122 valence electrons. The van der Waals surface area contributed by atoms with Crippen LogP contribution in [0.25, 0.3) is 11.1 Å². The molecule has 1 amide bonds. The number of rotatable bonds is 4. The molecule has 0 unspecified atom stereocenters. The van der Waals surface area contributed by atoms with Crippen molar-refractivity contribution in [2.45, 2.75) is 39.3 Å². The summed E-state index contributed by atoms with van der Waals surface area (Å²) in [5, 5.41) is 4.65. The molecule has 4 nitrogen and oxygen atoms in total. The first-order chi connectivity index (χ1) is 10.8. The van der Waals surface area contributed by atoms with E-state index in [2.05, 4.69) is 5.32 Å². The zero-order valence-corrected chi connectivity index (χ0v) is 14.6. The summed E-state index contributed by atoms with van der Waals surface area (Å²) in [5.74, 6) is -0.779. The van der Waals surface area contributed by atoms with Crippen molar-refractivity contribution in [1.82, 2.24) is 5.32 Å². The molecular formula is C18H21NO3S. The lowest BCUT2D eigenvalue weighted by molar-refractivity contribution is -0.130. The van der Waals surface area contributed by atoms with Crippen molar-refractivity contribution in [3.63, 3.8) is 0 Å². The fraction of sp³-hybridized carbons (Fsp3) is 0.333. The highest BCUT2D eigenvalue weighted by molar-refractivity contribution is 7.12. The lowest BCUT2D eigenvalue weighted by Gasteiger charge is -2.23. The highest BCUT2D eigenvalue weighted by Crippen LogP contribution is 2.29. The van der Waals surface area contributed by atoms with E-state index in [1.165, 1.54) is 11.3 Å². The predicted octanol–water partition coefficient (Wildman–Crippen LogP) is 3.88. The molecule has 0 saturated carbocycles. The van der Waals surface area contributed by atoms with E-state index >= 15 is 0 Å². The van der Waals surface area contributed by atoms with Gasteiger partial charge in [0.05, 0.1) is 0 Å². The highest BCUT2D eigenvalue weighted by atomic mass is 32.1. The van der Waals surface area contributed by atoms with Gasteiger partial charge in [-0.05, 0) is 44.7 Å². The van der Waals surface area contributed by atoms with Crippen LogP contribution in [0.4, 0.5) is 0 Å². The van der Waals surface area contributed by atoms with Crippen LogP contribution >= 0.6 is 11.3 Å². The molecular weight excluding hydrogens is 310 g/mol. The smallest absolute Gasteiger partial charge is 0.349 e. The van der Waals surface area contributed by atoms with E-state index in [1.807, 2.05) is 62.5 Å². The summed E-state index contributed by atoms with van der Waals surface area (Å²) in [6.45, 7) is 7.22. The number of carbonyl (C=O) groups is 2. The number of carbonyl (C=O) groups excluding carboxylic acids is 2. The van der Waals surface area contributed by atoms with Gasteiger partial charge in [-0.1, -0.05) is 30.3 Å². The number of hydrogen-bond acceptors (Lipinski definition) is 4. The van der Waals surface area contributed by atoms with E-state index in [4.69, 9.17) is 4.74 Å². The SMILES string of the molecule is C[C@H](OC(=O)c1sccc1-c1ccccc1)C(=O)NC(C)(C)C. The van der Waals surface area contributed by atoms with E-state index in [0.717, 1.165) is 11.1 Å². The Hall–Kier alpha value is -2.14. The van der Waals surface area contributed by atoms with Gasteiger partial charge >= 0.3 is 5.97 Å². The van der Waals surface area contributed by atoms with Crippen molar-refractivity contribution in [2.24, 2.45) is 0 Å². The second kappa shape index (κ2) is 6.96. The van der Waals surface area contributed by atoms with Gasteiger partial charge in [-0.2, -0.15) is 0 Å². The molecule has 1 atom stereocenters. The summed E-state index contributed by atoms with van der Waals surface area (Å²) in [6.07, 6.45) is -0.840. The van der Waals surface area contributed by atoms with Crippen LogP contribution in [-0.2, 0) is 9.53 Å². The normalized spacial score (nSPS) is 12.5. The number of benzene rings is 1. The number of thiophene rings is 1. The largest absolute Gasteiger partial charge is 0.448 e. The summed E-state index contributed by atoms with van der Waals surface area (Å²) in [4.78, 5) is 24.9. The van der Waals surface area contributed by atoms with Gasteiger partial charge in [0.15, 0.2) is 6.10 Å². The first kappa shape index (κ1) is 17.2. The summed E-state index contributed by atoms with van der Waals surface area (Å²) >= 11 is 1.31. The van der Waals surface area contributed by atoms with Crippen LogP contribution in [0.3, 0.4) is 0 Å². The fourth-order valence-electron chi connectivity index (χ4n) is 2.05. The fourth-order valence-corrected chi connectivity index (χ4v) is 2.85. The average molecular weight is 331 g/mol. The second-order valence-corrected chi connectivity index (χ2v) is 7.23. The lowest BCUT2D eigenvalue weighted by Crippen LogP contribution is -2.46. The molecule has 0 saturated heterocycles. The Kier molecular flexibility index (Phi) is 5.21. The van der Waals surface area contributed by atoms with E-state index in [1.54, 1.807) is 6.92 Å². The molecule has 0 radical (unpaired) electrons. The molecule has 0 fully saturated rings. The average Bonchev–Trinajstić information content (AvgIpc) is 2.95. The van der Waals surface area contributed by atoms with Gasteiger partial charge in [0.25, 0.3) is 5.91 Å². The molecule has 0 spiro atoms. The Morgan fingerprint density at radius 1 is 1.13 bits per heavy atom. The zero-order chi connectivity index (χ0) is 17.0. The van der Waals surface area contributed by atoms with Gasteiger partial charge in [0.1, 0.15) is 4.88 Å². The van der Waals surface area contributed by atoms with Crippen molar-refractivity contribution in [3.8, 4) is 11.1 Å². The number of nitrogens with one attached hydrogen (secondary N) is 1. The molecule has 1 aromatic carbocycles. The molecule has 23 heavy (non-hydrogen) atoms. The Morgan fingerprint density at radius 2 is 1.78 bits per heavy atom. The van der Waals surface area contributed by atoms with Crippen molar-refractivity contribution in [3.05, 3.63) is 46.7 Å². The monoisotopic (exact) mass is 331 g/mol. The predicted molar refractivity (Wildman–Crippen MR) is 92.5 cm³/mol. The van der Waals surface area contributed by atoms with Crippen LogP contribution in [0.1, 0.15) is 37.4 Å². The van der Waals surface area contributed by atoms with E-state index in [9.17, 15) is 9.59 Å². The molecule has 0 aliphatic heterocycles. The molecule has 0 bridgehead atoms. The van der Waals surface area contributed by atoms with Gasteiger partial charge < -0.3 is 10.1 Å². The van der Waals surface area contributed by atoms with Crippen LogP contribution in [0.15, 0.2) is 41.8 Å². The standard InChI is InChI=1S/C18H21NO3S/c1-12(16(20)19-18(2,3)4)22-17(21)15-14(10-11-23-15)13-8-6-5-7-9-13/h5-12H,1-4H3,(H,19,20)/t12-/m0/s1. The Balaban J connectivity index is 2.11. The van der Waals surface area contributed by atoms with Crippen LogP contribution in [0, 0.1) is 0 Å². The van der Waals surface area contributed by atoms with E-state index in [0.29, 0.717) is 4.88 Å². The molecule has 1 heterocycles. The Labute approximate surface area is 140 Å². The molecule has 5 heteroatoms. The number of hydrogen-bond donors (Lipinski definition) is 1. The summed E-state index contributed by atoms with van der Waals surface area (Å²) in [7, 11) is 0. The van der Waals surface area contributed by atoms with Crippen molar-refractivity contribution in [1.29, 1.82) is 0 Å². The van der Waals surface area contributed by atoms with Crippen LogP contribution in [0.2, 0.25) is 0 Å².